The van der Waals surface area contributed by atoms with Crippen LogP contribution in [0.2, 0.25) is 72.5 Å². The monoisotopic (exact) mass is 1480 g/mol. The molecule has 0 bridgehead atoms. The largest absolute Gasteiger partial charge is 0.512 e. The second-order valence-electron chi connectivity index (χ2n) is 28.5. The van der Waals surface area contributed by atoms with Gasteiger partial charge in [0.15, 0.2) is 45.5 Å². The first-order chi connectivity index (χ1) is 36.5. The van der Waals surface area contributed by atoms with Gasteiger partial charge < -0.3 is 33.8 Å². The molecule has 9 atom stereocenters. The second kappa shape index (κ2) is 48.1. The van der Waals surface area contributed by atoms with Crippen LogP contribution in [0.3, 0.4) is 0 Å². The molecule has 0 spiro atoms. The Bertz CT molecular complexity index is 1770. The van der Waals surface area contributed by atoms with Crippen molar-refractivity contribution in [2.75, 3.05) is 0 Å². The molecule has 1 aliphatic rings. The van der Waals surface area contributed by atoms with Crippen LogP contribution in [-0.2, 0) is 36.8 Å². The van der Waals surface area contributed by atoms with Crippen molar-refractivity contribution in [3.8, 4) is 0 Å². The Morgan fingerprint density at radius 2 is 1.08 bits per heavy atom. The van der Waals surface area contributed by atoms with E-state index in [4.69, 9.17) is 33.8 Å². The summed E-state index contributed by atoms with van der Waals surface area (Å²) in [5.74, 6) is -0.0360. The number of carbonyl (C=O) groups is 2. The molecule has 1 aliphatic heterocycles. The topological polar surface area (TPSA) is 92.8 Å². The van der Waals surface area contributed by atoms with Gasteiger partial charge in [-0.3, -0.25) is 4.79 Å². The number of ether oxygens (including phenoxy) is 2. The second-order valence-corrected chi connectivity index (χ2v) is 47.5. The van der Waals surface area contributed by atoms with Gasteiger partial charge in [0.1, 0.15) is 18.8 Å². The van der Waals surface area contributed by atoms with Crippen molar-refractivity contribution in [1.82, 2.24) is 0 Å². The van der Waals surface area contributed by atoms with Crippen LogP contribution in [0, 0.1) is 24.5 Å². The summed E-state index contributed by atoms with van der Waals surface area (Å²) in [5, 5.41) is -0.366. The molecule has 1 heterocycles. The van der Waals surface area contributed by atoms with Crippen molar-refractivity contribution in [1.29, 1.82) is 0 Å². The minimum Gasteiger partial charge on any atom is -0.512 e. The number of allylic oxidation sites excluding steroid dienone is 3. The fourth-order valence-corrected chi connectivity index (χ4v) is 15.2. The Morgan fingerprint density at radius 3 is 1.46 bits per heavy atom. The number of rotatable bonds is 34. The van der Waals surface area contributed by atoms with Crippen molar-refractivity contribution in [2.24, 2.45) is 11.8 Å². The smallest absolute Gasteiger partial charge is 0.333 e. The van der Waals surface area contributed by atoms with Gasteiger partial charge in [0, 0.05) is 77.7 Å². The molecule has 1 fully saturated rings. The molecule has 8 radical (unpaired) electrons. The molecule has 0 aliphatic carbocycles. The quantitative estimate of drug-likeness (QED) is 0.0120. The molecule has 9 unspecified atom stereocenters. The molecule has 14 heteroatoms. The Hall–Kier alpha value is 0.275. The molecule has 0 aromatic rings. The standard InChI is InChI=1S/C56H106O8Si4.3C4H10.3CH4.2Sn/c1-27-34-42(7)37-49-48(60-49)36-33-31-32-35-43(8)52(58)59-45(10)38-44(9)50(62-65(21,22)53(11,12)13)51(63-66(23,24)54(14,15)16)47(57)39-46(61-68(28-2,29-3)30-4)40-56(20,41(5)6)64-67(25,26)55(17,18)19;3*1-3-4-2;;;;;/h5,33,35-36,42,44-46,48-51H,1,28-32,34,37-40H2,2-4,6-26H3;3*3-4H2,1-2H3;3*1H4;;. The third kappa shape index (κ3) is 39.4. The van der Waals surface area contributed by atoms with E-state index < -0.39 is 63.3 Å². The first-order valence-electron chi connectivity index (χ1n) is 32.1. The van der Waals surface area contributed by atoms with Crippen LogP contribution in [0.15, 0.2) is 36.0 Å². The van der Waals surface area contributed by atoms with Crippen molar-refractivity contribution in [3.05, 3.63) is 48.6 Å². The summed E-state index contributed by atoms with van der Waals surface area (Å²) in [5.41, 5.74) is 0.459. The third-order valence-corrected chi connectivity index (χ3v) is 36.1. The number of hydrogen-bond acceptors (Lipinski definition) is 8. The molecule has 0 N–H and O–H groups in total. The zero-order valence-corrected chi connectivity index (χ0v) is 69.4. The molecule has 0 amide bonds. The van der Waals surface area contributed by atoms with Crippen molar-refractivity contribution < 1.29 is 36.8 Å². The average molecular weight is 1480 g/mol. The maximum Gasteiger partial charge on any atom is 0.333 e. The van der Waals surface area contributed by atoms with Crippen LogP contribution < -0.4 is 0 Å². The van der Waals surface area contributed by atoms with Gasteiger partial charge in [-0.15, -0.1) is 0 Å². The summed E-state index contributed by atoms with van der Waals surface area (Å²) < 4.78 is 41.4. The number of esters is 1. The number of epoxide rings is 1. The Kier molecular flexibility index (Phi) is 57.3. The first-order valence-corrected chi connectivity index (χ1v) is 43.3. The maximum absolute atomic E-state index is 15.7. The molecule has 8 nitrogen and oxygen atoms in total. The number of unbranched alkanes of at least 4 members (excludes halogenated alkanes) is 4. The van der Waals surface area contributed by atoms with Crippen molar-refractivity contribution >= 4 is 92.8 Å². The van der Waals surface area contributed by atoms with Crippen LogP contribution in [0.5, 0.6) is 0 Å². The third-order valence-electron chi connectivity index (χ3n) is 17.9. The predicted octanol–water partition coefficient (Wildman–Crippen LogP) is 22.6. The normalized spacial score (nSPS) is 17.5. The van der Waals surface area contributed by atoms with Crippen molar-refractivity contribution in [3.63, 3.8) is 0 Å². The Balaban J connectivity index is -0.000000528. The van der Waals surface area contributed by atoms with Gasteiger partial charge in [-0.25, -0.2) is 10.4 Å². The van der Waals surface area contributed by atoms with Crippen LogP contribution >= 0.6 is 0 Å². The van der Waals surface area contributed by atoms with Gasteiger partial charge in [-0.1, -0.05) is 224 Å². The average Bonchev–Trinajstić information content (AvgIpc) is 4.09. The van der Waals surface area contributed by atoms with Gasteiger partial charge >= 0.3 is 5.97 Å². The van der Waals surface area contributed by atoms with Crippen LogP contribution in [0.4, 0.5) is 0 Å². The SMILES string of the molecule is C.C.C.CCCC.CCCC.CCCC.[CH-]=C(C)C(C)(CC(CC(=O)C(O[Si](C)(C)C(C)(C)C)C(O[Si](C)(C)C(C)(C)C)C(C)CC(C)OC(=O)C(C)=CCCC=CC1OC1CC(C)C[C+]=C)O[Si](CC)(CC)CC)O[Si](C)(C)C(C)(C)C.[Sn].[Sn]. The zero-order valence-electron chi connectivity index (χ0n) is 59.7. The number of ketones is 1. The summed E-state index contributed by atoms with van der Waals surface area (Å²) in [6.07, 6.45) is 19.8. The van der Waals surface area contributed by atoms with Gasteiger partial charge in [0.2, 0.25) is 6.08 Å². The Morgan fingerprint density at radius 1 is 0.659 bits per heavy atom. The molecule has 1 rings (SSSR count). The van der Waals surface area contributed by atoms with Gasteiger partial charge in [-0.2, -0.15) is 0 Å². The van der Waals surface area contributed by atoms with E-state index >= 15 is 4.79 Å². The molecule has 0 saturated carbocycles. The van der Waals surface area contributed by atoms with E-state index in [9.17, 15) is 4.79 Å². The van der Waals surface area contributed by atoms with E-state index in [1.54, 1.807) is 0 Å². The van der Waals surface area contributed by atoms with E-state index in [1.165, 1.54) is 38.5 Å². The van der Waals surface area contributed by atoms with E-state index in [-0.39, 0.29) is 122 Å². The minimum atomic E-state index is -2.58. The molecule has 0 aromatic heterocycles. The fraction of sp³-hybridized carbons (Fsp3) is 0.859. The van der Waals surface area contributed by atoms with Gasteiger partial charge in [0.05, 0.1) is 24.4 Å². The molecular formula is C71H148O8Si4Sn2. The predicted molar refractivity (Wildman–Crippen MR) is 391 cm³/mol. The summed E-state index contributed by atoms with van der Waals surface area (Å²) in [4.78, 5) is 29.2. The van der Waals surface area contributed by atoms with Gasteiger partial charge in [-0.05, 0) is 125 Å². The first kappa shape index (κ1) is 101. The van der Waals surface area contributed by atoms with Crippen LogP contribution in [0.1, 0.15) is 272 Å². The van der Waals surface area contributed by atoms with E-state index in [2.05, 4.69) is 209 Å². The summed E-state index contributed by atoms with van der Waals surface area (Å²) in [6, 6.07) is 2.84. The Labute approximate surface area is 572 Å². The summed E-state index contributed by atoms with van der Waals surface area (Å²) in [6.45, 7) is 75.9. The molecule has 1 saturated heterocycles. The zero-order chi connectivity index (χ0) is 63.3. The maximum atomic E-state index is 15.7. The molecular weight excluding hydrogens is 1330 g/mol. The van der Waals surface area contributed by atoms with E-state index in [0.29, 0.717) is 29.9 Å². The summed E-state index contributed by atoms with van der Waals surface area (Å²) >= 11 is 0. The van der Waals surface area contributed by atoms with Crippen LogP contribution in [0.25, 0.3) is 0 Å². The summed E-state index contributed by atoms with van der Waals surface area (Å²) in [7, 11) is -9.64. The number of carbonyl (C=O) groups excluding carboxylic acids is 2. The van der Waals surface area contributed by atoms with Crippen LogP contribution in [-0.4, -0.2) is 135 Å². The minimum absolute atomic E-state index is 0. The van der Waals surface area contributed by atoms with E-state index in [0.717, 1.165) is 43.8 Å². The van der Waals surface area contributed by atoms with E-state index in [1.807, 2.05) is 26.8 Å². The molecule has 85 heavy (non-hydrogen) atoms. The number of Topliss-reactive ketones (excluding diaryl/α,β-unsaturated/α-hetero) is 1. The number of hydrogen-bond donors (Lipinski definition) is 0. The fourth-order valence-electron chi connectivity index (χ4n) is 8.02. The molecule has 504 valence electrons. The molecule has 0 aromatic carbocycles. The van der Waals surface area contributed by atoms with Crippen molar-refractivity contribution in [2.45, 2.75) is 387 Å². The van der Waals surface area contributed by atoms with Gasteiger partial charge in [0.25, 0.3) is 0 Å².